The minimum absolute atomic E-state index is 0.237. The molecule has 7 heteroatoms. The van der Waals surface area contributed by atoms with Crippen LogP contribution in [0.4, 0.5) is 10.6 Å². The highest BCUT2D eigenvalue weighted by Crippen LogP contribution is 2.28. The Bertz CT molecular complexity index is 822. The van der Waals surface area contributed by atoms with Gasteiger partial charge in [-0.1, -0.05) is 13.0 Å². The summed E-state index contributed by atoms with van der Waals surface area (Å²) >= 11 is 0. The number of nitrogens with one attached hydrogen (secondary N) is 1. The van der Waals surface area contributed by atoms with Crippen molar-refractivity contribution in [3.63, 3.8) is 0 Å². The number of carbonyl (C=O) groups is 2. The summed E-state index contributed by atoms with van der Waals surface area (Å²) in [6.45, 7) is 3.75. The first-order chi connectivity index (χ1) is 12.0. The zero-order valence-electron chi connectivity index (χ0n) is 14.3. The van der Waals surface area contributed by atoms with Gasteiger partial charge in [0.15, 0.2) is 0 Å². The van der Waals surface area contributed by atoms with Crippen molar-refractivity contribution in [2.45, 2.75) is 26.3 Å². The molecule has 7 nitrogen and oxygen atoms in total. The van der Waals surface area contributed by atoms with Crippen LogP contribution in [-0.2, 0) is 4.79 Å². The number of amides is 3. The molecule has 1 fully saturated rings. The van der Waals surface area contributed by atoms with Crippen molar-refractivity contribution in [1.29, 1.82) is 0 Å². The fraction of sp³-hybridized carbons (Fsp3) is 0.278. The van der Waals surface area contributed by atoms with E-state index in [1.54, 1.807) is 37.4 Å². The maximum atomic E-state index is 12.3. The van der Waals surface area contributed by atoms with Crippen LogP contribution in [0.2, 0.25) is 0 Å². The normalized spacial score (nSPS) is 16.8. The van der Waals surface area contributed by atoms with E-state index < -0.39 is 12.1 Å². The quantitative estimate of drug-likeness (QED) is 0.846. The monoisotopic (exact) mass is 341 g/mol. The number of carbonyl (C=O) groups excluding carboxylic acids is 2. The Balaban J connectivity index is 1.84. The number of anilines is 1. The zero-order chi connectivity index (χ0) is 18.0. The summed E-state index contributed by atoms with van der Waals surface area (Å²) in [4.78, 5) is 29.6. The molecule has 0 spiro atoms. The minimum Gasteiger partial charge on any atom is -0.496 e. The number of rotatable bonds is 5. The number of urea groups is 1. The van der Waals surface area contributed by atoms with E-state index in [2.05, 4.69) is 10.3 Å². The van der Waals surface area contributed by atoms with Crippen LogP contribution in [0.25, 0.3) is 0 Å². The molecule has 1 aliphatic rings. The predicted octanol–water partition coefficient (Wildman–Crippen LogP) is 3.03. The minimum atomic E-state index is -0.511. The van der Waals surface area contributed by atoms with E-state index in [1.807, 2.05) is 19.9 Å². The van der Waals surface area contributed by atoms with E-state index in [4.69, 9.17) is 9.47 Å². The van der Waals surface area contributed by atoms with Crippen LogP contribution in [-0.4, -0.2) is 30.1 Å². The van der Waals surface area contributed by atoms with Crippen LogP contribution in [0.15, 0.2) is 36.4 Å². The lowest BCUT2D eigenvalue weighted by Gasteiger charge is -2.13. The van der Waals surface area contributed by atoms with Crippen molar-refractivity contribution in [1.82, 2.24) is 10.3 Å². The molecule has 0 bridgehead atoms. The molecule has 2 aromatic rings. The van der Waals surface area contributed by atoms with E-state index in [0.29, 0.717) is 18.1 Å². The first-order valence-electron chi connectivity index (χ1n) is 7.97. The van der Waals surface area contributed by atoms with Gasteiger partial charge in [-0.2, -0.15) is 4.98 Å². The molecule has 1 aromatic carbocycles. The highest BCUT2D eigenvalue weighted by molar-refractivity contribution is 6.20. The lowest BCUT2D eigenvalue weighted by Crippen LogP contribution is -2.31. The smallest absolute Gasteiger partial charge is 0.330 e. The van der Waals surface area contributed by atoms with Gasteiger partial charge in [0, 0.05) is 6.07 Å². The molecule has 130 valence electrons. The van der Waals surface area contributed by atoms with E-state index >= 15 is 0 Å². The average Bonchev–Trinajstić information content (AvgIpc) is 2.89. The molecule has 0 radical (unpaired) electrons. The SMILES string of the molecule is CC[C@H]1NC(=O)N(c2cccc(Oc3ccc(OC)c(C)c3)n2)C1=O. The third-order valence-corrected chi connectivity index (χ3v) is 3.95. The highest BCUT2D eigenvalue weighted by atomic mass is 16.5. The Morgan fingerprint density at radius 1 is 1.24 bits per heavy atom. The van der Waals surface area contributed by atoms with E-state index in [-0.39, 0.29) is 11.7 Å². The number of pyridine rings is 1. The number of aromatic nitrogens is 1. The standard InChI is InChI=1S/C18H19N3O4/c1-4-13-17(22)21(18(23)19-13)15-6-5-7-16(20-15)25-12-8-9-14(24-3)11(2)10-12/h5-10,13H,4H2,1-3H3,(H,19,23)/t13-/m1/s1. The van der Waals surface area contributed by atoms with Crippen LogP contribution < -0.4 is 19.7 Å². The number of ether oxygens (including phenoxy) is 2. The van der Waals surface area contributed by atoms with Gasteiger partial charge in [-0.05, 0) is 43.2 Å². The maximum absolute atomic E-state index is 12.3. The topological polar surface area (TPSA) is 80.8 Å². The van der Waals surface area contributed by atoms with Gasteiger partial charge >= 0.3 is 6.03 Å². The summed E-state index contributed by atoms with van der Waals surface area (Å²) in [5.41, 5.74) is 0.927. The molecule has 1 saturated heterocycles. The molecule has 1 aliphatic heterocycles. The fourth-order valence-corrected chi connectivity index (χ4v) is 2.65. The third kappa shape index (κ3) is 3.26. The van der Waals surface area contributed by atoms with Crippen LogP contribution in [0, 0.1) is 6.92 Å². The zero-order valence-corrected chi connectivity index (χ0v) is 14.3. The molecule has 0 saturated carbocycles. The first kappa shape index (κ1) is 16.8. The summed E-state index contributed by atoms with van der Waals surface area (Å²) in [6.07, 6.45) is 0.530. The van der Waals surface area contributed by atoms with Crippen molar-refractivity contribution in [2.24, 2.45) is 0 Å². The van der Waals surface area contributed by atoms with Gasteiger partial charge in [-0.25, -0.2) is 9.69 Å². The van der Waals surface area contributed by atoms with Crippen LogP contribution in [0.1, 0.15) is 18.9 Å². The Labute approximate surface area is 145 Å². The lowest BCUT2D eigenvalue weighted by molar-refractivity contribution is -0.118. The Hall–Kier alpha value is -3.09. The number of methoxy groups -OCH3 is 1. The summed E-state index contributed by atoms with van der Waals surface area (Å²) in [5, 5.41) is 2.63. The van der Waals surface area contributed by atoms with Crippen molar-refractivity contribution in [3.8, 4) is 17.4 Å². The average molecular weight is 341 g/mol. The van der Waals surface area contributed by atoms with Gasteiger partial charge in [0.1, 0.15) is 23.4 Å². The molecule has 1 atom stereocenters. The molecule has 1 N–H and O–H groups in total. The molecule has 3 amide bonds. The van der Waals surface area contributed by atoms with Gasteiger partial charge in [0.25, 0.3) is 5.91 Å². The molecule has 25 heavy (non-hydrogen) atoms. The second-order valence-corrected chi connectivity index (χ2v) is 5.65. The third-order valence-electron chi connectivity index (χ3n) is 3.95. The van der Waals surface area contributed by atoms with Crippen molar-refractivity contribution in [2.75, 3.05) is 12.0 Å². The van der Waals surface area contributed by atoms with Gasteiger partial charge in [-0.3, -0.25) is 4.79 Å². The predicted molar refractivity (Wildman–Crippen MR) is 92.1 cm³/mol. The van der Waals surface area contributed by atoms with Crippen LogP contribution in [0.5, 0.6) is 17.4 Å². The first-order valence-corrected chi connectivity index (χ1v) is 7.97. The van der Waals surface area contributed by atoms with Gasteiger partial charge in [0.05, 0.1) is 7.11 Å². The highest BCUT2D eigenvalue weighted by Gasteiger charge is 2.38. The molecule has 0 unspecified atom stereocenters. The molecule has 1 aromatic heterocycles. The molecular weight excluding hydrogens is 322 g/mol. The number of imide groups is 1. The van der Waals surface area contributed by atoms with E-state index in [0.717, 1.165) is 16.2 Å². The summed E-state index contributed by atoms with van der Waals surface area (Å²) in [6, 6.07) is 9.37. The summed E-state index contributed by atoms with van der Waals surface area (Å²) < 4.78 is 11.0. The van der Waals surface area contributed by atoms with Gasteiger partial charge in [0.2, 0.25) is 5.88 Å². The Morgan fingerprint density at radius 3 is 2.68 bits per heavy atom. The Morgan fingerprint density at radius 2 is 2.04 bits per heavy atom. The fourth-order valence-electron chi connectivity index (χ4n) is 2.65. The number of aryl methyl sites for hydroxylation is 1. The molecular formula is C18H19N3O4. The Kier molecular flexibility index (Phi) is 4.56. The lowest BCUT2D eigenvalue weighted by atomic mass is 10.2. The largest absolute Gasteiger partial charge is 0.496 e. The van der Waals surface area contributed by atoms with Crippen LogP contribution >= 0.6 is 0 Å². The number of hydrogen-bond acceptors (Lipinski definition) is 5. The van der Waals surface area contributed by atoms with E-state index in [1.165, 1.54) is 0 Å². The summed E-state index contributed by atoms with van der Waals surface area (Å²) in [7, 11) is 1.61. The maximum Gasteiger partial charge on any atom is 0.330 e. The van der Waals surface area contributed by atoms with Crippen molar-refractivity contribution >= 4 is 17.8 Å². The number of hydrogen-bond donors (Lipinski definition) is 1. The second kappa shape index (κ2) is 6.80. The molecule has 2 heterocycles. The number of nitrogens with zero attached hydrogens (tertiary/aromatic N) is 2. The van der Waals surface area contributed by atoms with Gasteiger partial charge < -0.3 is 14.8 Å². The summed E-state index contributed by atoms with van der Waals surface area (Å²) in [5.74, 6) is 1.58. The van der Waals surface area contributed by atoms with Crippen molar-refractivity contribution in [3.05, 3.63) is 42.0 Å². The van der Waals surface area contributed by atoms with Gasteiger partial charge in [-0.15, -0.1) is 0 Å². The molecule has 3 rings (SSSR count). The molecule has 0 aliphatic carbocycles. The van der Waals surface area contributed by atoms with Crippen molar-refractivity contribution < 1.29 is 19.1 Å². The second-order valence-electron chi connectivity index (χ2n) is 5.65. The van der Waals surface area contributed by atoms with E-state index in [9.17, 15) is 9.59 Å². The van der Waals surface area contributed by atoms with Crippen LogP contribution in [0.3, 0.4) is 0 Å². The number of benzene rings is 1.